The summed E-state index contributed by atoms with van der Waals surface area (Å²) in [7, 11) is 0. The van der Waals surface area contributed by atoms with E-state index in [1.165, 1.54) is 36.0 Å². The molecule has 1 amide bonds. The van der Waals surface area contributed by atoms with Crippen LogP contribution in [0.5, 0.6) is 0 Å². The molecule has 0 bridgehead atoms. The van der Waals surface area contributed by atoms with Gasteiger partial charge in [-0.2, -0.15) is 28.0 Å². The van der Waals surface area contributed by atoms with Gasteiger partial charge in [-0.05, 0) is 45.5 Å². The van der Waals surface area contributed by atoms with Gasteiger partial charge in [0.1, 0.15) is 4.47 Å². The van der Waals surface area contributed by atoms with E-state index in [-0.39, 0.29) is 27.3 Å². The topological polar surface area (TPSA) is 114 Å². The van der Waals surface area contributed by atoms with Gasteiger partial charge in [0.15, 0.2) is 0 Å². The maximum absolute atomic E-state index is 13.3. The van der Waals surface area contributed by atoms with Crippen molar-refractivity contribution < 1.29 is 28.0 Å². The summed E-state index contributed by atoms with van der Waals surface area (Å²) in [4.78, 5) is 22.8. The molecule has 0 saturated heterocycles. The standard InChI is InChI=1S/C16H13BrF3N5O4/c1-9-6-15(27,16(18,19)20)24(21-9)14(26)11-4-2-3-10(5-11)7-23-8-12(17)13(22-23)25(28)29/h2-5,8,27H,6-7H2,1H3/t15-/m1/s1. The van der Waals surface area contributed by atoms with E-state index in [2.05, 4.69) is 26.1 Å². The lowest BCUT2D eigenvalue weighted by Gasteiger charge is -2.32. The van der Waals surface area contributed by atoms with Crippen molar-refractivity contribution in [2.75, 3.05) is 0 Å². The smallest absolute Gasteiger partial charge is 0.362 e. The van der Waals surface area contributed by atoms with Crippen LogP contribution in [0.25, 0.3) is 0 Å². The lowest BCUT2D eigenvalue weighted by molar-refractivity contribution is -0.390. The average molecular weight is 476 g/mol. The van der Waals surface area contributed by atoms with Crippen LogP contribution in [-0.4, -0.2) is 48.3 Å². The summed E-state index contributed by atoms with van der Waals surface area (Å²) < 4.78 is 41.4. The summed E-state index contributed by atoms with van der Waals surface area (Å²) in [5.41, 5.74) is -3.14. The monoisotopic (exact) mass is 475 g/mol. The number of halogens is 4. The molecule has 1 aromatic heterocycles. The van der Waals surface area contributed by atoms with E-state index in [1.54, 1.807) is 6.07 Å². The molecule has 1 atom stereocenters. The van der Waals surface area contributed by atoms with Crippen molar-refractivity contribution >= 4 is 33.4 Å². The molecule has 2 aromatic rings. The van der Waals surface area contributed by atoms with Crippen LogP contribution in [0.4, 0.5) is 19.0 Å². The van der Waals surface area contributed by atoms with Gasteiger partial charge in [-0.25, -0.2) is 0 Å². The number of aliphatic hydroxyl groups is 1. The second-order valence-electron chi connectivity index (χ2n) is 6.40. The fraction of sp³-hybridized carbons (Fsp3) is 0.312. The van der Waals surface area contributed by atoms with E-state index >= 15 is 0 Å². The highest BCUT2D eigenvalue weighted by atomic mass is 79.9. The molecule has 1 aromatic carbocycles. The van der Waals surface area contributed by atoms with Gasteiger partial charge >= 0.3 is 12.0 Å². The molecule has 9 nitrogen and oxygen atoms in total. The first-order valence-electron chi connectivity index (χ1n) is 8.06. The van der Waals surface area contributed by atoms with E-state index in [1.807, 2.05) is 0 Å². The summed E-state index contributed by atoms with van der Waals surface area (Å²) in [6, 6.07) is 5.61. The number of alkyl halides is 3. The minimum absolute atomic E-state index is 0.0272. The molecule has 0 radical (unpaired) electrons. The summed E-state index contributed by atoms with van der Waals surface area (Å²) in [5.74, 6) is -1.52. The van der Waals surface area contributed by atoms with Crippen LogP contribution in [0.3, 0.4) is 0 Å². The van der Waals surface area contributed by atoms with Crippen LogP contribution in [-0.2, 0) is 6.54 Å². The first-order valence-corrected chi connectivity index (χ1v) is 8.85. The Morgan fingerprint density at radius 2 is 2.14 bits per heavy atom. The number of hydrogen-bond donors (Lipinski definition) is 1. The van der Waals surface area contributed by atoms with Gasteiger partial charge < -0.3 is 15.2 Å². The number of benzene rings is 1. The van der Waals surface area contributed by atoms with Crippen molar-refractivity contribution in [2.24, 2.45) is 5.10 Å². The molecule has 0 saturated carbocycles. The van der Waals surface area contributed by atoms with Crippen LogP contribution in [0.2, 0.25) is 0 Å². The highest BCUT2D eigenvalue weighted by Crippen LogP contribution is 2.40. The number of carbonyl (C=O) groups is 1. The van der Waals surface area contributed by atoms with Gasteiger partial charge in [0.25, 0.3) is 11.6 Å². The number of hydrazone groups is 1. The predicted molar refractivity (Wildman–Crippen MR) is 97.0 cm³/mol. The predicted octanol–water partition coefficient (Wildman–Crippen LogP) is 3.07. The van der Waals surface area contributed by atoms with Gasteiger partial charge in [-0.15, -0.1) is 0 Å². The SMILES string of the molecule is CC1=NN(C(=O)c2cccc(Cn3cc(Br)c([N+](=O)[O-])n3)c2)[C@](O)(C(F)(F)F)C1. The Morgan fingerprint density at radius 3 is 2.72 bits per heavy atom. The van der Waals surface area contributed by atoms with E-state index in [9.17, 15) is 33.2 Å². The van der Waals surface area contributed by atoms with Crippen molar-refractivity contribution in [1.82, 2.24) is 14.8 Å². The summed E-state index contributed by atoms with van der Waals surface area (Å²) in [5, 5.41) is 28.3. The Morgan fingerprint density at radius 1 is 1.45 bits per heavy atom. The van der Waals surface area contributed by atoms with E-state index in [0.29, 0.717) is 5.56 Å². The Kier molecular flexibility index (Phi) is 5.21. The van der Waals surface area contributed by atoms with Crippen LogP contribution < -0.4 is 0 Å². The van der Waals surface area contributed by atoms with E-state index in [4.69, 9.17) is 0 Å². The van der Waals surface area contributed by atoms with Crippen LogP contribution >= 0.6 is 15.9 Å². The van der Waals surface area contributed by atoms with Crippen LogP contribution in [0.15, 0.2) is 40.0 Å². The number of hydrogen-bond acceptors (Lipinski definition) is 6. The minimum Gasteiger partial charge on any atom is -0.362 e. The van der Waals surface area contributed by atoms with Crippen molar-refractivity contribution in [3.05, 3.63) is 56.2 Å². The lowest BCUT2D eigenvalue weighted by atomic mass is 10.1. The first kappa shape index (κ1) is 20.9. The molecule has 0 aliphatic carbocycles. The van der Waals surface area contributed by atoms with Gasteiger partial charge in [0.05, 0.1) is 17.8 Å². The maximum atomic E-state index is 13.3. The Balaban J connectivity index is 1.88. The molecule has 13 heteroatoms. The summed E-state index contributed by atoms with van der Waals surface area (Å²) in [6.07, 6.45) is -4.57. The molecule has 0 unspecified atom stereocenters. The number of nitro groups is 1. The quantitative estimate of drug-likeness (QED) is 0.539. The zero-order chi connectivity index (χ0) is 21.6. The Hall–Kier alpha value is -2.80. The van der Waals surface area contributed by atoms with Crippen molar-refractivity contribution in [3.8, 4) is 0 Å². The fourth-order valence-electron chi connectivity index (χ4n) is 2.86. The summed E-state index contributed by atoms with van der Waals surface area (Å²) >= 11 is 3.02. The van der Waals surface area contributed by atoms with Crippen LogP contribution in [0, 0.1) is 10.1 Å². The molecule has 0 spiro atoms. The number of rotatable bonds is 4. The molecule has 1 N–H and O–H groups in total. The number of amides is 1. The lowest BCUT2D eigenvalue weighted by Crippen LogP contribution is -2.56. The second-order valence-corrected chi connectivity index (χ2v) is 7.25. The molecular weight excluding hydrogens is 463 g/mol. The Labute approximate surface area is 169 Å². The number of nitrogens with zero attached hydrogens (tertiary/aromatic N) is 5. The van der Waals surface area contributed by atoms with Crippen molar-refractivity contribution in [2.45, 2.75) is 31.8 Å². The summed E-state index contributed by atoms with van der Waals surface area (Å²) in [6.45, 7) is 1.31. The highest BCUT2D eigenvalue weighted by Gasteiger charge is 2.62. The second kappa shape index (κ2) is 7.22. The normalized spacial score (nSPS) is 19.4. The zero-order valence-corrected chi connectivity index (χ0v) is 16.3. The highest BCUT2D eigenvalue weighted by molar-refractivity contribution is 9.10. The van der Waals surface area contributed by atoms with E-state index in [0.717, 1.165) is 0 Å². The van der Waals surface area contributed by atoms with Crippen molar-refractivity contribution in [1.29, 1.82) is 0 Å². The molecule has 2 heterocycles. The molecular formula is C16H13BrF3N5O4. The largest absolute Gasteiger partial charge is 0.438 e. The Bertz CT molecular complexity index is 1020. The maximum Gasteiger partial charge on any atom is 0.438 e. The third kappa shape index (κ3) is 3.87. The van der Waals surface area contributed by atoms with Gasteiger partial charge in [0.2, 0.25) is 0 Å². The third-order valence-electron chi connectivity index (χ3n) is 4.16. The third-order valence-corrected chi connectivity index (χ3v) is 4.72. The van der Waals surface area contributed by atoms with E-state index < -0.39 is 35.0 Å². The zero-order valence-electron chi connectivity index (χ0n) is 14.7. The molecule has 1 aliphatic heterocycles. The van der Waals surface area contributed by atoms with Gasteiger partial charge in [-0.1, -0.05) is 12.1 Å². The minimum atomic E-state index is -5.10. The first-order chi connectivity index (χ1) is 13.4. The molecule has 29 heavy (non-hydrogen) atoms. The van der Waals surface area contributed by atoms with Gasteiger partial charge in [0, 0.05) is 17.7 Å². The van der Waals surface area contributed by atoms with Gasteiger partial charge in [-0.3, -0.25) is 4.79 Å². The fourth-order valence-corrected chi connectivity index (χ4v) is 3.32. The van der Waals surface area contributed by atoms with Crippen LogP contribution in [0.1, 0.15) is 29.3 Å². The number of carbonyl (C=O) groups excluding carboxylic acids is 1. The number of aromatic nitrogens is 2. The molecule has 1 aliphatic rings. The van der Waals surface area contributed by atoms with Crippen molar-refractivity contribution in [3.63, 3.8) is 0 Å². The molecule has 3 rings (SSSR count). The molecule has 0 fully saturated rings. The molecule has 154 valence electrons. The average Bonchev–Trinajstić information content (AvgIpc) is 3.14.